The average Bonchev–Trinajstić information content (AvgIpc) is 2.86. The molecule has 0 spiro atoms. The fourth-order valence-electron chi connectivity index (χ4n) is 2.31. The maximum Gasteiger partial charge on any atom is 0.0744 e. The summed E-state index contributed by atoms with van der Waals surface area (Å²) < 4.78 is 1.17. The zero-order valence-corrected chi connectivity index (χ0v) is 14.3. The number of hydrogen-bond donors (Lipinski definition) is 0. The van der Waals surface area contributed by atoms with Gasteiger partial charge in [0.15, 0.2) is 0 Å². The molecule has 2 aromatic carbocycles. The highest BCUT2D eigenvalue weighted by Gasteiger charge is 2.15. The van der Waals surface area contributed by atoms with Crippen molar-refractivity contribution in [1.29, 1.82) is 0 Å². The van der Waals surface area contributed by atoms with Gasteiger partial charge in [-0.05, 0) is 56.9 Å². The Morgan fingerprint density at radius 3 is 2.37 bits per heavy atom. The third-order valence-corrected chi connectivity index (χ3v) is 6.27. The highest BCUT2D eigenvalue weighted by molar-refractivity contribution is 9.11. The van der Waals surface area contributed by atoms with Crippen molar-refractivity contribution in [1.82, 2.24) is 0 Å². The van der Waals surface area contributed by atoms with E-state index in [2.05, 4.69) is 87.3 Å². The van der Waals surface area contributed by atoms with Crippen molar-refractivity contribution in [3.8, 4) is 0 Å². The van der Waals surface area contributed by atoms with Crippen LogP contribution in [0.4, 0.5) is 0 Å². The van der Waals surface area contributed by atoms with Crippen LogP contribution in [0.25, 0.3) is 10.8 Å². The van der Waals surface area contributed by atoms with Gasteiger partial charge in [-0.2, -0.15) is 0 Å². The number of hydrogen-bond acceptors (Lipinski definition) is 1. The second kappa shape index (κ2) is 5.39. The van der Waals surface area contributed by atoms with E-state index in [1.165, 1.54) is 30.6 Å². The van der Waals surface area contributed by atoms with E-state index in [1.807, 2.05) is 0 Å². The highest BCUT2D eigenvalue weighted by atomic mass is 79.9. The van der Waals surface area contributed by atoms with Gasteiger partial charge in [-0.15, -0.1) is 11.3 Å². The van der Waals surface area contributed by atoms with Crippen LogP contribution in [0.5, 0.6) is 0 Å². The van der Waals surface area contributed by atoms with Gasteiger partial charge < -0.3 is 0 Å². The first-order valence-electron chi connectivity index (χ1n) is 6.04. The summed E-state index contributed by atoms with van der Waals surface area (Å²) in [6.45, 7) is 2.16. The van der Waals surface area contributed by atoms with Crippen molar-refractivity contribution in [2.45, 2.75) is 11.8 Å². The van der Waals surface area contributed by atoms with Crippen LogP contribution in [-0.2, 0) is 0 Å². The average molecular weight is 396 g/mol. The zero-order chi connectivity index (χ0) is 13.4. The summed E-state index contributed by atoms with van der Waals surface area (Å²) in [5.74, 6) is 0. The number of alkyl halides is 1. The Labute approximate surface area is 133 Å². The molecular weight excluding hydrogens is 384 g/mol. The quantitative estimate of drug-likeness (QED) is 0.437. The van der Waals surface area contributed by atoms with Gasteiger partial charge in [0.25, 0.3) is 0 Å². The van der Waals surface area contributed by atoms with Crippen LogP contribution in [0.3, 0.4) is 0 Å². The van der Waals surface area contributed by atoms with Gasteiger partial charge in [-0.3, -0.25) is 0 Å². The minimum Gasteiger partial charge on any atom is -0.132 e. The van der Waals surface area contributed by atoms with Crippen LogP contribution in [0.1, 0.15) is 20.8 Å². The number of aryl methyl sites for hydroxylation is 1. The molecule has 3 aromatic rings. The van der Waals surface area contributed by atoms with Gasteiger partial charge >= 0.3 is 0 Å². The molecule has 0 aliphatic rings. The molecule has 1 aromatic heterocycles. The number of benzene rings is 2. The van der Waals surface area contributed by atoms with Crippen LogP contribution in [0.15, 0.2) is 52.3 Å². The fraction of sp³-hybridized carbons (Fsp3) is 0.125. The predicted molar refractivity (Wildman–Crippen MR) is 91.5 cm³/mol. The molecular formula is C16H12Br2S. The molecule has 96 valence electrons. The van der Waals surface area contributed by atoms with E-state index >= 15 is 0 Å². The minimum absolute atomic E-state index is 0.245. The SMILES string of the molecule is Cc1ccc(C(Br)c2ccc(Br)s2)c2ccccc12. The molecule has 1 atom stereocenters. The van der Waals surface area contributed by atoms with Crippen LogP contribution in [0.2, 0.25) is 0 Å². The summed E-state index contributed by atoms with van der Waals surface area (Å²) in [5.41, 5.74) is 2.65. The summed E-state index contributed by atoms with van der Waals surface area (Å²) in [7, 11) is 0. The monoisotopic (exact) mass is 394 g/mol. The summed E-state index contributed by atoms with van der Waals surface area (Å²) in [6.07, 6.45) is 0. The lowest BCUT2D eigenvalue weighted by Crippen LogP contribution is -1.92. The van der Waals surface area contributed by atoms with E-state index in [-0.39, 0.29) is 4.83 Å². The minimum atomic E-state index is 0.245. The molecule has 3 heteroatoms. The number of halogens is 2. The number of fused-ring (bicyclic) bond motifs is 1. The molecule has 0 bridgehead atoms. The molecule has 0 N–H and O–H groups in total. The van der Waals surface area contributed by atoms with Crippen molar-refractivity contribution in [2.24, 2.45) is 0 Å². The molecule has 19 heavy (non-hydrogen) atoms. The van der Waals surface area contributed by atoms with Gasteiger partial charge in [-0.1, -0.05) is 52.3 Å². The Balaban J connectivity index is 2.18. The van der Waals surface area contributed by atoms with Crippen LogP contribution >= 0.6 is 43.2 Å². The van der Waals surface area contributed by atoms with Gasteiger partial charge in [0, 0.05) is 4.88 Å². The molecule has 0 saturated carbocycles. The van der Waals surface area contributed by atoms with Crippen molar-refractivity contribution in [2.75, 3.05) is 0 Å². The summed E-state index contributed by atoms with van der Waals surface area (Å²) >= 11 is 9.15. The Kier molecular flexibility index (Phi) is 3.79. The van der Waals surface area contributed by atoms with Crippen molar-refractivity contribution in [3.63, 3.8) is 0 Å². The molecule has 1 unspecified atom stereocenters. The largest absolute Gasteiger partial charge is 0.132 e. The summed E-state index contributed by atoms with van der Waals surface area (Å²) in [5, 5.41) is 2.66. The van der Waals surface area contributed by atoms with Gasteiger partial charge in [0.05, 0.1) is 8.61 Å². The molecule has 1 heterocycles. The Bertz CT molecular complexity index is 730. The van der Waals surface area contributed by atoms with E-state index < -0.39 is 0 Å². The third-order valence-electron chi connectivity index (χ3n) is 3.29. The molecule has 0 aliphatic carbocycles. The smallest absolute Gasteiger partial charge is 0.0744 e. The number of thiophene rings is 1. The lowest BCUT2D eigenvalue weighted by atomic mass is 9.98. The third kappa shape index (κ3) is 2.51. The zero-order valence-electron chi connectivity index (χ0n) is 10.4. The second-order valence-corrected chi connectivity index (χ2v) is 7.93. The first-order valence-corrected chi connectivity index (χ1v) is 8.57. The fourth-order valence-corrected chi connectivity index (χ4v) is 4.56. The molecule has 0 fully saturated rings. The van der Waals surface area contributed by atoms with E-state index in [0.29, 0.717) is 0 Å². The first kappa shape index (κ1) is 13.3. The van der Waals surface area contributed by atoms with Crippen molar-refractivity contribution in [3.05, 3.63) is 68.3 Å². The van der Waals surface area contributed by atoms with E-state index in [9.17, 15) is 0 Å². The van der Waals surface area contributed by atoms with Crippen molar-refractivity contribution < 1.29 is 0 Å². The second-order valence-electron chi connectivity index (χ2n) is 4.52. The Hall–Kier alpha value is -0.640. The Morgan fingerprint density at radius 2 is 1.68 bits per heavy atom. The van der Waals surface area contributed by atoms with Gasteiger partial charge in [0.1, 0.15) is 0 Å². The lowest BCUT2D eigenvalue weighted by Gasteiger charge is -2.13. The van der Waals surface area contributed by atoms with E-state index in [1.54, 1.807) is 11.3 Å². The summed E-state index contributed by atoms with van der Waals surface area (Å²) in [6, 6.07) is 17.3. The van der Waals surface area contributed by atoms with Crippen molar-refractivity contribution >= 4 is 54.0 Å². The first-order chi connectivity index (χ1) is 9.16. The standard InChI is InChI=1S/C16H12Br2S/c1-10-6-7-13(12-5-3-2-4-11(10)12)16(18)14-8-9-15(17)19-14/h2-9,16H,1H3. The molecule has 3 rings (SSSR count). The molecule has 0 radical (unpaired) electrons. The lowest BCUT2D eigenvalue weighted by molar-refractivity contribution is 1.24. The molecule has 0 aliphatic heterocycles. The Morgan fingerprint density at radius 1 is 0.947 bits per heavy atom. The molecule has 0 saturated heterocycles. The van der Waals surface area contributed by atoms with Gasteiger partial charge in [0.2, 0.25) is 0 Å². The topological polar surface area (TPSA) is 0 Å². The predicted octanol–water partition coefficient (Wildman–Crippen LogP) is 6.46. The maximum absolute atomic E-state index is 3.84. The molecule has 0 nitrogen and oxygen atoms in total. The molecule has 0 amide bonds. The van der Waals surface area contributed by atoms with E-state index in [0.717, 1.165) is 0 Å². The van der Waals surface area contributed by atoms with Gasteiger partial charge in [-0.25, -0.2) is 0 Å². The normalized spacial score (nSPS) is 12.8. The van der Waals surface area contributed by atoms with Crippen LogP contribution < -0.4 is 0 Å². The van der Waals surface area contributed by atoms with Crippen LogP contribution in [0, 0.1) is 6.92 Å². The summed E-state index contributed by atoms with van der Waals surface area (Å²) in [4.78, 5) is 1.56. The maximum atomic E-state index is 3.84. The van der Waals surface area contributed by atoms with Crippen LogP contribution in [-0.4, -0.2) is 0 Å². The van der Waals surface area contributed by atoms with E-state index in [4.69, 9.17) is 0 Å². The number of rotatable bonds is 2. The highest BCUT2D eigenvalue weighted by Crippen LogP contribution is 2.40.